The fraction of sp³-hybridized carbons (Fsp3) is 0.692. The molecule has 3 heterocycles. The highest BCUT2D eigenvalue weighted by atomic mass is 32.2. The largest absolute Gasteiger partial charge is 0.478 e. The standard InChI is InChI=1S/C13H19N3O5S/c17-12(18)10-7-14-15-11(10)22(19,20)16-5-1-3-13(8-16)4-2-6-21-9-13/h7H,1-6,8-9H2,(H,14,15)(H,17,18). The molecule has 0 radical (unpaired) electrons. The molecule has 0 amide bonds. The molecule has 1 aromatic heterocycles. The lowest BCUT2D eigenvalue weighted by Gasteiger charge is -2.44. The van der Waals surface area contributed by atoms with Crippen molar-refractivity contribution in [2.24, 2.45) is 5.41 Å². The van der Waals surface area contributed by atoms with Crippen LogP contribution in [0.25, 0.3) is 0 Å². The summed E-state index contributed by atoms with van der Waals surface area (Å²) in [4.78, 5) is 11.1. The summed E-state index contributed by atoms with van der Waals surface area (Å²) in [7, 11) is -3.89. The van der Waals surface area contributed by atoms with Gasteiger partial charge >= 0.3 is 5.97 Å². The average molecular weight is 329 g/mol. The second-order valence-corrected chi connectivity index (χ2v) is 7.89. The van der Waals surface area contributed by atoms with Gasteiger partial charge in [0.15, 0.2) is 5.03 Å². The Morgan fingerprint density at radius 2 is 2.18 bits per heavy atom. The summed E-state index contributed by atoms with van der Waals surface area (Å²) < 4.78 is 32.4. The number of aromatic amines is 1. The number of carboxylic acids is 1. The summed E-state index contributed by atoms with van der Waals surface area (Å²) >= 11 is 0. The van der Waals surface area contributed by atoms with E-state index >= 15 is 0 Å². The van der Waals surface area contributed by atoms with Gasteiger partial charge in [-0.15, -0.1) is 0 Å². The zero-order valence-electron chi connectivity index (χ0n) is 12.1. The maximum absolute atomic E-state index is 12.8. The normalized spacial score (nSPS) is 27.1. The van der Waals surface area contributed by atoms with E-state index < -0.39 is 16.0 Å². The highest BCUT2D eigenvalue weighted by molar-refractivity contribution is 7.89. The van der Waals surface area contributed by atoms with Crippen molar-refractivity contribution >= 4 is 16.0 Å². The average Bonchev–Trinajstić information content (AvgIpc) is 2.98. The van der Waals surface area contributed by atoms with Crippen molar-refractivity contribution in [1.82, 2.24) is 14.5 Å². The van der Waals surface area contributed by atoms with Gasteiger partial charge in [-0.1, -0.05) is 0 Å². The molecule has 3 rings (SSSR count). The number of nitrogens with one attached hydrogen (secondary N) is 1. The number of ether oxygens (including phenoxy) is 1. The van der Waals surface area contributed by atoms with Gasteiger partial charge in [0.2, 0.25) is 0 Å². The van der Waals surface area contributed by atoms with Gasteiger partial charge in [-0.2, -0.15) is 9.40 Å². The highest BCUT2D eigenvalue weighted by Gasteiger charge is 2.42. The molecule has 9 heteroatoms. The van der Waals surface area contributed by atoms with E-state index in [1.165, 1.54) is 4.31 Å². The molecule has 0 bridgehead atoms. The summed E-state index contributed by atoms with van der Waals surface area (Å²) in [6.45, 7) is 2.04. The monoisotopic (exact) mass is 329 g/mol. The number of aromatic carboxylic acids is 1. The van der Waals surface area contributed by atoms with Crippen molar-refractivity contribution in [2.75, 3.05) is 26.3 Å². The molecular weight excluding hydrogens is 310 g/mol. The minimum Gasteiger partial charge on any atom is -0.478 e. The molecule has 2 aliphatic rings. The van der Waals surface area contributed by atoms with Crippen LogP contribution in [0.5, 0.6) is 0 Å². The zero-order valence-corrected chi connectivity index (χ0v) is 12.9. The third-order valence-electron chi connectivity index (χ3n) is 4.46. The van der Waals surface area contributed by atoms with Gasteiger partial charge in [0.25, 0.3) is 10.0 Å². The first-order chi connectivity index (χ1) is 10.4. The topological polar surface area (TPSA) is 113 Å². The summed E-state index contributed by atoms with van der Waals surface area (Å²) in [5.74, 6) is -1.31. The van der Waals surface area contributed by atoms with Crippen LogP contribution in [0.1, 0.15) is 36.0 Å². The van der Waals surface area contributed by atoms with Crippen molar-refractivity contribution in [3.8, 4) is 0 Å². The first-order valence-electron chi connectivity index (χ1n) is 7.29. The van der Waals surface area contributed by atoms with Crippen LogP contribution in [-0.2, 0) is 14.8 Å². The number of piperidine rings is 1. The molecule has 1 unspecified atom stereocenters. The molecule has 2 aliphatic heterocycles. The molecule has 0 aliphatic carbocycles. The highest BCUT2D eigenvalue weighted by Crippen LogP contribution is 2.39. The predicted molar refractivity (Wildman–Crippen MR) is 76.0 cm³/mol. The molecule has 2 fully saturated rings. The quantitative estimate of drug-likeness (QED) is 0.843. The molecule has 1 aromatic rings. The number of carboxylic acid groups (broad SMARTS) is 1. The van der Waals surface area contributed by atoms with Crippen LogP contribution in [-0.4, -0.2) is 60.3 Å². The van der Waals surface area contributed by atoms with Crippen molar-refractivity contribution in [2.45, 2.75) is 30.7 Å². The minimum atomic E-state index is -3.89. The summed E-state index contributed by atoms with van der Waals surface area (Å²) in [6, 6.07) is 0. The molecule has 0 saturated carbocycles. The molecule has 2 N–H and O–H groups in total. The molecule has 8 nitrogen and oxygen atoms in total. The van der Waals surface area contributed by atoms with Gasteiger partial charge in [0.05, 0.1) is 12.8 Å². The Morgan fingerprint density at radius 3 is 2.86 bits per heavy atom. The Morgan fingerprint density at radius 1 is 1.41 bits per heavy atom. The molecule has 22 heavy (non-hydrogen) atoms. The lowest BCUT2D eigenvalue weighted by molar-refractivity contribution is -0.0343. The van der Waals surface area contributed by atoms with E-state index in [1.807, 2.05) is 0 Å². The zero-order chi connectivity index (χ0) is 15.8. The summed E-state index contributed by atoms with van der Waals surface area (Å²) in [6.07, 6.45) is 4.58. The van der Waals surface area contributed by atoms with Gasteiger partial charge in [-0.05, 0) is 25.7 Å². The number of carbonyl (C=O) groups is 1. The van der Waals surface area contributed by atoms with Gasteiger partial charge in [-0.25, -0.2) is 13.2 Å². The van der Waals surface area contributed by atoms with Crippen LogP contribution in [0.2, 0.25) is 0 Å². The maximum Gasteiger partial charge on any atom is 0.340 e. The van der Waals surface area contributed by atoms with Crippen molar-refractivity contribution in [1.29, 1.82) is 0 Å². The molecule has 1 atom stereocenters. The Hall–Kier alpha value is -1.45. The van der Waals surface area contributed by atoms with E-state index in [9.17, 15) is 13.2 Å². The van der Waals surface area contributed by atoms with E-state index in [1.54, 1.807) is 0 Å². The maximum atomic E-state index is 12.8. The van der Waals surface area contributed by atoms with E-state index in [0.717, 1.165) is 38.5 Å². The van der Waals surface area contributed by atoms with Crippen molar-refractivity contribution in [3.05, 3.63) is 11.8 Å². The third kappa shape index (κ3) is 2.64. The molecule has 122 valence electrons. The number of sulfonamides is 1. The first kappa shape index (κ1) is 15.4. The van der Waals surface area contributed by atoms with Gasteiger partial charge in [0, 0.05) is 25.1 Å². The summed E-state index contributed by atoms with van der Waals surface area (Å²) in [5.41, 5.74) is -0.466. The predicted octanol–water partition coefficient (Wildman–Crippen LogP) is 0.689. The lowest BCUT2D eigenvalue weighted by atomic mass is 9.76. The molecule has 2 saturated heterocycles. The fourth-order valence-electron chi connectivity index (χ4n) is 3.35. The van der Waals surface area contributed by atoms with Gasteiger partial charge in [-0.3, -0.25) is 5.10 Å². The Bertz CT molecular complexity index is 657. The Balaban J connectivity index is 1.88. The first-order valence-corrected chi connectivity index (χ1v) is 8.73. The van der Waals surface area contributed by atoms with Crippen LogP contribution < -0.4 is 0 Å². The van der Waals surface area contributed by atoms with Crippen LogP contribution in [0, 0.1) is 5.41 Å². The number of H-pyrrole nitrogens is 1. The summed E-state index contributed by atoms with van der Waals surface area (Å²) in [5, 5.41) is 14.7. The number of hydrogen-bond acceptors (Lipinski definition) is 5. The Kier molecular flexibility index (Phi) is 3.96. The van der Waals surface area contributed by atoms with Crippen LogP contribution in [0.15, 0.2) is 11.2 Å². The fourth-order valence-corrected chi connectivity index (χ4v) is 5.01. The molecular formula is C13H19N3O5S. The second-order valence-electron chi connectivity index (χ2n) is 6.02. The number of rotatable bonds is 3. The van der Waals surface area contributed by atoms with E-state index in [-0.39, 0.29) is 16.0 Å². The smallest absolute Gasteiger partial charge is 0.340 e. The molecule has 0 aromatic carbocycles. The van der Waals surface area contributed by atoms with Crippen molar-refractivity contribution < 1.29 is 23.1 Å². The minimum absolute atomic E-state index is 0.146. The van der Waals surface area contributed by atoms with Gasteiger partial charge < -0.3 is 9.84 Å². The number of aromatic nitrogens is 2. The Labute approximate surface area is 128 Å². The van der Waals surface area contributed by atoms with E-state index in [2.05, 4.69) is 10.2 Å². The van der Waals surface area contributed by atoms with Gasteiger partial charge in [0.1, 0.15) is 5.56 Å². The van der Waals surface area contributed by atoms with E-state index in [0.29, 0.717) is 19.7 Å². The lowest BCUT2D eigenvalue weighted by Crippen LogP contribution is -2.49. The SMILES string of the molecule is O=C(O)c1cn[nH]c1S(=O)(=O)N1CCCC2(CCCOC2)C1. The number of nitrogens with zero attached hydrogens (tertiary/aromatic N) is 2. The van der Waals surface area contributed by atoms with E-state index in [4.69, 9.17) is 9.84 Å². The molecule has 1 spiro atoms. The third-order valence-corrected chi connectivity index (χ3v) is 6.28. The number of hydrogen-bond donors (Lipinski definition) is 2. The van der Waals surface area contributed by atoms with Crippen LogP contribution in [0.3, 0.4) is 0 Å². The van der Waals surface area contributed by atoms with Crippen molar-refractivity contribution in [3.63, 3.8) is 0 Å². The van der Waals surface area contributed by atoms with Crippen LogP contribution in [0.4, 0.5) is 0 Å². The van der Waals surface area contributed by atoms with Crippen LogP contribution >= 0.6 is 0 Å². The second kappa shape index (κ2) is 5.64.